The molecule has 0 aliphatic heterocycles. The lowest BCUT2D eigenvalue weighted by Crippen LogP contribution is -2.25. The minimum atomic E-state index is -0.0714. The number of rotatable bonds is 8. The second-order valence-electron chi connectivity index (χ2n) is 4.40. The van der Waals surface area contributed by atoms with Gasteiger partial charge in [-0.15, -0.1) is 0 Å². The van der Waals surface area contributed by atoms with Crippen LogP contribution in [0.4, 0.5) is 0 Å². The molecular weight excluding hydrogens is 230 g/mol. The van der Waals surface area contributed by atoms with Crippen molar-refractivity contribution in [1.82, 2.24) is 5.32 Å². The van der Waals surface area contributed by atoms with Crippen molar-refractivity contribution >= 4 is 5.91 Å². The number of carbonyl (C=O) groups is 1. The van der Waals surface area contributed by atoms with Gasteiger partial charge in [0.05, 0.1) is 5.56 Å². The summed E-state index contributed by atoms with van der Waals surface area (Å²) >= 11 is 0. The third-order valence-electron chi connectivity index (χ3n) is 2.68. The van der Waals surface area contributed by atoms with Crippen LogP contribution in [0.5, 0.6) is 0 Å². The van der Waals surface area contributed by atoms with Crippen molar-refractivity contribution < 1.29 is 13.9 Å². The van der Waals surface area contributed by atoms with Gasteiger partial charge in [-0.25, -0.2) is 0 Å². The molecule has 0 spiro atoms. The highest BCUT2D eigenvalue weighted by atomic mass is 16.5. The lowest BCUT2D eigenvalue weighted by molar-refractivity contribution is 0.0939. The molecule has 1 N–H and O–H groups in total. The first-order chi connectivity index (χ1) is 8.65. The van der Waals surface area contributed by atoms with Gasteiger partial charge in [-0.1, -0.05) is 13.3 Å². The van der Waals surface area contributed by atoms with Crippen LogP contribution in [0.3, 0.4) is 0 Å². The number of aryl methyl sites for hydroxylation is 2. The fraction of sp³-hybridized carbons (Fsp3) is 0.643. The number of amides is 1. The minimum Gasteiger partial charge on any atom is -0.466 e. The monoisotopic (exact) mass is 253 g/mol. The van der Waals surface area contributed by atoms with Crippen LogP contribution in [0.2, 0.25) is 0 Å². The Morgan fingerprint density at radius 1 is 1.33 bits per heavy atom. The first-order valence-corrected chi connectivity index (χ1v) is 6.58. The van der Waals surface area contributed by atoms with E-state index in [1.807, 2.05) is 6.92 Å². The summed E-state index contributed by atoms with van der Waals surface area (Å²) in [6, 6.07) is 1.77. The Balaban J connectivity index is 2.16. The molecule has 0 fully saturated rings. The maximum Gasteiger partial charge on any atom is 0.254 e. The quantitative estimate of drug-likeness (QED) is 0.725. The van der Waals surface area contributed by atoms with Gasteiger partial charge in [0.15, 0.2) is 0 Å². The number of carbonyl (C=O) groups excluding carboxylic acids is 1. The summed E-state index contributed by atoms with van der Waals surface area (Å²) in [5.41, 5.74) is 0.624. The van der Waals surface area contributed by atoms with E-state index in [-0.39, 0.29) is 5.91 Å². The number of furan rings is 1. The average Bonchev–Trinajstić information content (AvgIpc) is 2.67. The van der Waals surface area contributed by atoms with Gasteiger partial charge in [0, 0.05) is 19.8 Å². The minimum absolute atomic E-state index is 0.0714. The Hall–Kier alpha value is -1.29. The SMILES string of the molecule is CCCCOCCCNC(=O)c1cc(C)oc1C. The van der Waals surface area contributed by atoms with Crippen LogP contribution in [-0.4, -0.2) is 25.7 Å². The standard InChI is InChI=1S/C14H23NO3/c1-4-5-8-17-9-6-7-15-14(16)13-10-11(2)18-12(13)3/h10H,4-9H2,1-3H3,(H,15,16). The van der Waals surface area contributed by atoms with Crippen LogP contribution in [-0.2, 0) is 4.74 Å². The van der Waals surface area contributed by atoms with Crippen molar-refractivity contribution in [2.24, 2.45) is 0 Å². The summed E-state index contributed by atoms with van der Waals surface area (Å²) in [4.78, 5) is 11.8. The molecule has 0 aliphatic carbocycles. The lowest BCUT2D eigenvalue weighted by Gasteiger charge is -2.05. The van der Waals surface area contributed by atoms with Gasteiger partial charge < -0.3 is 14.5 Å². The zero-order chi connectivity index (χ0) is 13.4. The van der Waals surface area contributed by atoms with Crippen molar-refractivity contribution in [2.75, 3.05) is 19.8 Å². The van der Waals surface area contributed by atoms with Crippen molar-refractivity contribution in [3.05, 3.63) is 23.2 Å². The van der Waals surface area contributed by atoms with E-state index in [4.69, 9.17) is 9.15 Å². The molecule has 102 valence electrons. The number of ether oxygens (including phenoxy) is 1. The third kappa shape index (κ3) is 4.92. The maximum atomic E-state index is 11.8. The molecular formula is C14H23NO3. The Labute approximate surface area is 109 Å². The molecule has 0 radical (unpaired) electrons. The Morgan fingerprint density at radius 2 is 2.06 bits per heavy atom. The number of unbranched alkanes of at least 4 members (excludes halogenated alkanes) is 1. The third-order valence-corrected chi connectivity index (χ3v) is 2.68. The molecule has 18 heavy (non-hydrogen) atoms. The first-order valence-electron chi connectivity index (χ1n) is 6.58. The van der Waals surface area contributed by atoms with Crippen molar-refractivity contribution in [3.8, 4) is 0 Å². The smallest absolute Gasteiger partial charge is 0.254 e. The second-order valence-corrected chi connectivity index (χ2v) is 4.40. The largest absolute Gasteiger partial charge is 0.466 e. The van der Waals surface area contributed by atoms with E-state index in [1.54, 1.807) is 13.0 Å². The van der Waals surface area contributed by atoms with Gasteiger partial charge in [0.1, 0.15) is 11.5 Å². The van der Waals surface area contributed by atoms with Crippen LogP contribution in [0.25, 0.3) is 0 Å². The van der Waals surface area contributed by atoms with E-state index in [0.29, 0.717) is 24.5 Å². The number of nitrogens with one attached hydrogen (secondary N) is 1. The van der Waals surface area contributed by atoms with Crippen molar-refractivity contribution in [2.45, 2.75) is 40.0 Å². The number of hydrogen-bond donors (Lipinski definition) is 1. The molecule has 0 aliphatic rings. The van der Waals surface area contributed by atoms with E-state index in [0.717, 1.165) is 31.6 Å². The molecule has 4 nitrogen and oxygen atoms in total. The molecule has 0 atom stereocenters. The number of hydrogen-bond acceptors (Lipinski definition) is 3. The second kappa shape index (κ2) is 7.93. The topological polar surface area (TPSA) is 51.5 Å². The molecule has 0 saturated heterocycles. The Kier molecular flexibility index (Phi) is 6.50. The summed E-state index contributed by atoms with van der Waals surface area (Å²) in [6.07, 6.45) is 3.08. The summed E-state index contributed by atoms with van der Waals surface area (Å²) < 4.78 is 10.7. The zero-order valence-electron chi connectivity index (χ0n) is 11.5. The summed E-state index contributed by atoms with van der Waals surface area (Å²) in [7, 11) is 0. The van der Waals surface area contributed by atoms with Crippen molar-refractivity contribution in [1.29, 1.82) is 0 Å². The van der Waals surface area contributed by atoms with E-state index >= 15 is 0 Å². The van der Waals surface area contributed by atoms with E-state index in [9.17, 15) is 4.79 Å². The molecule has 1 aromatic heterocycles. The van der Waals surface area contributed by atoms with Gasteiger partial charge in [-0.2, -0.15) is 0 Å². The molecule has 1 aromatic rings. The van der Waals surface area contributed by atoms with Gasteiger partial charge in [0.2, 0.25) is 0 Å². The predicted molar refractivity (Wildman–Crippen MR) is 70.9 cm³/mol. The first kappa shape index (κ1) is 14.8. The summed E-state index contributed by atoms with van der Waals surface area (Å²) in [6.45, 7) is 7.92. The van der Waals surface area contributed by atoms with E-state index < -0.39 is 0 Å². The normalized spacial score (nSPS) is 10.6. The molecule has 0 bridgehead atoms. The maximum absolute atomic E-state index is 11.8. The molecule has 0 aromatic carbocycles. The molecule has 1 rings (SSSR count). The van der Waals surface area contributed by atoms with Crippen molar-refractivity contribution in [3.63, 3.8) is 0 Å². The van der Waals surface area contributed by atoms with Crippen LogP contribution in [0.15, 0.2) is 10.5 Å². The van der Waals surface area contributed by atoms with Crippen LogP contribution < -0.4 is 5.32 Å². The fourth-order valence-electron chi connectivity index (χ4n) is 1.68. The summed E-state index contributed by atoms with van der Waals surface area (Å²) in [5, 5.41) is 2.87. The van der Waals surface area contributed by atoms with Crippen LogP contribution in [0.1, 0.15) is 48.1 Å². The molecule has 0 unspecified atom stereocenters. The van der Waals surface area contributed by atoms with Crippen LogP contribution >= 0.6 is 0 Å². The fourth-order valence-corrected chi connectivity index (χ4v) is 1.68. The van der Waals surface area contributed by atoms with Gasteiger partial charge in [-0.3, -0.25) is 4.79 Å². The Bertz CT molecular complexity index is 371. The lowest BCUT2D eigenvalue weighted by atomic mass is 10.2. The van der Waals surface area contributed by atoms with Gasteiger partial charge in [0.25, 0.3) is 5.91 Å². The highest BCUT2D eigenvalue weighted by Gasteiger charge is 2.12. The zero-order valence-corrected chi connectivity index (χ0v) is 11.5. The predicted octanol–water partition coefficient (Wildman–Crippen LogP) is 2.83. The van der Waals surface area contributed by atoms with Gasteiger partial charge >= 0.3 is 0 Å². The molecule has 0 saturated carbocycles. The molecule has 4 heteroatoms. The average molecular weight is 253 g/mol. The highest BCUT2D eigenvalue weighted by Crippen LogP contribution is 2.13. The van der Waals surface area contributed by atoms with Gasteiger partial charge in [-0.05, 0) is 32.8 Å². The highest BCUT2D eigenvalue weighted by molar-refractivity contribution is 5.95. The molecule has 1 amide bonds. The van der Waals surface area contributed by atoms with E-state index in [2.05, 4.69) is 12.2 Å². The molecule has 1 heterocycles. The van der Waals surface area contributed by atoms with E-state index in [1.165, 1.54) is 0 Å². The van der Waals surface area contributed by atoms with Crippen LogP contribution in [0, 0.1) is 13.8 Å². The summed E-state index contributed by atoms with van der Waals surface area (Å²) in [5.74, 6) is 1.36. The Morgan fingerprint density at radius 3 is 2.67 bits per heavy atom.